The molecule has 0 atom stereocenters. The van der Waals surface area contributed by atoms with Crippen molar-refractivity contribution >= 4 is 56.5 Å². The van der Waals surface area contributed by atoms with Gasteiger partial charge in [-0.2, -0.15) is 0 Å². The third-order valence-corrected chi connectivity index (χ3v) is 6.81. The van der Waals surface area contributed by atoms with E-state index in [1.54, 1.807) is 33.7 Å². The number of thioether (sulfide) groups is 1. The van der Waals surface area contributed by atoms with Gasteiger partial charge in [0.25, 0.3) is 5.56 Å². The van der Waals surface area contributed by atoms with Crippen molar-refractivity contribution in [3.05, 3.63) is 54.6 Å². The minimum atomic E-state index is 0.0426. The van der Waals surface area contributed by atoms with Crippen LogP contribution in [-0.4, -0.2) is 9.55 Å². The SMILES string of the molecule is CCn1c(SCc2ccc(Cl)c(Cl)c2)nc2sc(C)c(C)c2c1=O. The Labute approximate surface area is 158 Å². The number of thiophene rings is 1. The van der Waals surface area contributed by atoms with E-state index in [-0.39, 0.29) is 5.56 Å². The van der Waals surface area contributed by atoms with Crippen molar-refractivity contribution < 1.29 is 0 Å². The molecule has 0 unspecified atom stereocenters. The number of nitrogens with zero attached hydrogens (tertiary/aromatic N) is 2. The molecule has 0 saturated carbocycles. The molecule has 0 radical (unpaired) electrons. The van der Waals surface area contributed by atoms with Crippen molar-refractivity contribution in [1.82, 2.24) is 9.55 Å². The molecule has 0 aliphatic rings. The van der Waals surface area contributed by atoms with E-state index in [9.17, 15) is 4.79 Å². The first-order valence-corrected chi connectivity index (χ1v) is 10.1. The topological polar surface area (TPSA) is 34.9 Å². The Hall–Kier alpha value is -1.01. The molecule has 24 heavy (non-hydrogen) atoms. The summed E-state index contributed by atoms with van der Waals surface area (Å²) >= 11 is 15.1. The molecule has 2 heterocycles. The summed E-state index contributed by atoms with van der Waals surface area (Å²) in [6.45, 7) is 6.58. The Bertz CT molecular complexity index is 979. The van der Waals surface area contributed by atoms with Gasteiger partial charge >= 0.3 is 0 Å². The fourth-order valence-corrected chi connectivity index (χ4v) is 4.87. The van der Waals surface area contributed by atoms with Crippen molar-refractivity contribution in [3.8, 4) is 0 Å². The summed E-state index contributed by atoms with van der Waals surface area (Å²) in [5, 5.41) is 2.57. The molecule has 0 aliphatic heterocycles. The van der Waals surface area contributed by atoms with Gasteiger partial charge in [-0.25, -0.2) is 4.98 Å². The summed E-state index contributed by atoms with van der Waals surface area (Å²) in [4.78, 5) is 19.5. The van der Waals surface area contributed by atoms with Crippen molar-refractivity contribution in [3.63, 3.8) is 0 Å². The molecule has 1 aromatic carbocycles. The number of halogens is 2. The van der Waals surface area contributed by atoms with E-state index in [2.05, 4.69) is 0 Å². The fourth-order valence-electron chi connectivity index (χ4n) is 2.48. The number of hydrogen-bond acceptors (Lipinski definition) is 4. The van der Waals surface area contributed by atoms with Crippen LogP contribution in [0, 0.1) is 13.8 Å². The summed E-state index contributed by atoms with van der Waals surface area (Å²) in [5.41, 5.74) is 2.13. The molecule has 0 bridgehead atoms. The number of fused-ring (bicyclic) bond motifs is 1. The molecular weight excluding hydrogens is 383 g/mol. The molecule has 0 aliphatic carbocycles. The third-order valence-electron chi connectivity index (χ3n) is 3.92. The molecule has 0 amide bonds. The fraction of sp³-hybridized carbons (Fsp3) is 0.294. The van der Waals surface area contributed by atoms with Crippen LogP contribution in [0.5, 0.6) is 0 Å². The Balaban J connectivity index is 1.99. The summed E-state index contributed by atoms with van der Waals surface area (Å²) in [6.07, 6.45) is 0. The standard InChI is InChI=1S/C17H16Cl2N2OS2/c1-4-21-16(22)14-9(2)10(3)24-15(14)20-17(21)23-8-11-5-6-12(18)13(19)7-11/h5-7H,4,8H2,1-3H3. The minimum Gasteiger partial charge on any atom is -0.287 e. The Morgan fingerprint density at radius 3 is 2.67 bits per heavy atom. The first kappa shape index (κ1) is 17.8. The van der Waals surface area contributed by atoms with Gasteiger partial charge in [0, 0.05) is 17.2 Å². The predicted octanol–water partition coefficient (Wildman–Crippen LogP) is 5.69. The van der Waals surface area contributed by atoms with E-state index in [0.717, 1.165) is 31.4 Å². The highest BCUT2D eigenvalue weighted by Gasteiger charge is 2.16. The van der Waals surface area contributed by atoms with Crippen molar-refractivity contribution in [1.29, 1.82) is 0 Å². The molecule has 2 aromatic heterocycles. The van der Waals surface area contributed by atoms with Crippen LogP contribution in [0.2, 0.25) is 10.0 Å². The maximum Gasteiger partial charge on any atom is 0.263 e. The lowest BCUT2D eigenvalue weighted by Crippen LogP contribution is -2.22. The maximum absolute atomic E-state index is 12.8. The van der Waals surface area contributed by atoms with Gasteiger partial charge in [0.15, 0.2) is 5.16 Å². The highest BCUT2D eigenvalue weighted by Crippen LogP contribution is 2.30. The van der Waals surface area contributed by atoms with E-state index < -0.39 is 0 Å². The van der Waals surface area contributed by atoms with Gasteiger partial charge in [0.2, 0.25) is 0 Å². The second kappa shape index (κ2) is 7.08. The summed E-state index contributed by atoms with van der Waals surface area (Å²) in [6, 6.07) is 5.58. The molecule has 0 N–H and O–H groups in total. The van der Waals surface area contributed by atoms with Gasteiger partial charge in [-0.05, 0) is 44.0 Å². The average Bonchev–Trinajstić information content (AvgIpc) is 2.83. The molecule has 0 fully saturated rings. The van der Waals surface area contributed by atoms with Gasteiger partial charge in [-0.3, -0.25) is 9.36 Å². The Kier molecular flexibility index (Phi) is 5.25. The van der Waals surface area contributed by atoms with Gasteiger partial charge in [-0.15, -0.1) is 11.3 Å². The minimum absolute atomic E-state index is 0.0426. The van der Waals surface area contributed by atoms with Crippen molar-refractivity contribution in [2.24, 2.45) is 0 Å². The molecule has 3 rings (SSSR count). The summed E-state index contributed by atoms with van der Waals surface area (Å²) in [7, 11) is 0. The van der Waals surface area contributed by atoms with Gasteiger partial charge in [0.1, 0.15) is 4.83 Å². The first-order chi connectivity index (χ1) is 11.4. The quantitative estimate of drug-likeness (QED) is 0.417. The van der Waals surface area contributed by atoms with E-state index in [1.807, 2.05) is 32.9 Å². The lowest BCUT2D eigenvalue weighted by molar-refractivity contribution is 0.635. The maximum atomic E-state index is 12.8. The predicted molar refractivity (Wildman–Crippen MR) is 105 cm³/mol. The van der Waals surface area contributed by atoms with Gasteiger partial charge in [0.05, 0.1) is 15.4 Å². The average molecular weight is 399 g/mol. The largest absolute Gasteiger partial charge is 0.287 e. The van der Waals surface area contributed by atoms with Gasteiger partial charge < -0.3 is 0 Å². The normalized spacial score (nSPS) is 11.4. The number of aryl methyl sites for hydroxylation is 2. The Morgan fingerprint density at radius 2 is 2.00 bits per heavy atom. The number of rotatable bonds is 4. The van der Waals surface area contributed by atoms with Crippen molar-refractivity contribution in [2.45, 2.75) is 38.2 Å². The second-order valence-electron chi connectivity index (χ2n) is 5.44. The van der Waals surface area contributed by atoms with Crippen LogP contribution in [0.1, 0.15) is 22.9 Å². The molecule has 0 saturated heterocycles. The second-order valence-corrected chi connectivity index (χ2v) is 8.40. The monoisotopic (exact) mass is 398 g/mol. The lowest BCUT2D eigenvalue weighted by atomic mass is 10.2. The van der Waals surface area contributed by atoms with E-state index >= 15 is 0 Å². The number of hydrogen-bond donors (Lipinski definition) is 0. The highest BCUT2D eigenvalue weighted by atomic mass is 35.5. The van der Waals surface area contributed by atoms with E-state index in [0.29, 0.717) is 22.3 Å². The van der Waals surface area contributed by atoms with Gasteiger partial charge in [-0.1, -0.05) is 41.0 Å². The third kappa shape index (κ3) is 3.23. The van der Waals surface area contributed by atoms with Crippen LogP contribution >= 0.6 is 46.3 Å². The smallest absolute Gasteiger partial charge is 0.263 e. The molecule has 126 valence electrons. The summed E-state index contributed by atoms with van der Waals surface area (Å²) < 4.78 is 1.74. The zero-order valence-electron chi connectivity index (χ0n) is 13.5. The van der Waals surface area contributed by atoms with Crippen LogP contribution in [0.4, 0.5) is 0 Å². The van der Waals surface area contributed by atoms with Crippen LogP contribution in [0.3, 0.4) is 0 Å². The summed E-state index contributed by atoms with van der Waals surface area (Å²) in [5.74, 6) is 0.679. The number of aromatic nitrogens is 2. The van der Waals surface area contributed by atoms with Crippen LogP contribution in [0.15, 0.2) is 28.2 Å². The van der Waals surface area contributed by atoms with E-state index in [1.165, 1.54) is 0 Å². The Morgan fingerprint density at radius 1 is 1.25 bits per heavy atom. The van der Waals surface area contributed by atoms with Crippen LogP contribution in [0.25, 0.3) is 10.2 Å². The van der Waals surface area contributed by atoms with Crippen LogP contribution < -0.4 is 5.56 Å². The lowest BCUT2D eigenvalue weighted by Gasteiger charge is -2.10. The molecule has 0 spiro atoms. The number of benzene rings is 1. The van der Waals surface area contributed by atoms with Crippen LogP contribution in [-0.2, 0) is 12.3 Å². The first-order valence-electron chi connectivity index (χ1n) is 7.49. The van der Waals surface area contributed by atoms with E-state index in [4.69, 9.17) is 28.2 Å². The highest BCUT2D eigenvalue weighted by molar-refractivity contribution is 7.98. The zero-order valence-corrected chi connectivity index (χ0v) is 16.7. The zero-order chi connectivity index (χ0) is 17.4. The molecule has 3 aromatic rings. The molecule has 3 nitrogen and oxygen atoms in total. The van der Waals surface area contributed by atoms with Crippen molar-refractivity contribution in [2.75, 3.05) is 0 Å². The molecule has 7 heteroatoms. The molecular formula is C17H16Cl2N2OS2.